The van der Waals surface area contributed by atoms with E-state index in [1.807, 2.05) is 0 Å². The van der Waals surface area contributed by atoms with Gasteiger partial charge in [0.15, 0.2) is 0 Å². The molecule has 6 heteroatoms. The van der Waals surface area contributed by atoms with Crippen LogP contribution in [0.3, 0.4) is 0 Å². The van der Waals surface area contributed by atoms with E-state index in [9.17, 15) is 4.57 Å². The average molecular weight is 202 g/mol. The van der Waals surface area contributed by atoms with Crippen LogP contribution in [0.25, 0.3) is 0 Å². The maximum Gasteiger partial charge on any atom is 0.346 e. The van der Waals surface area contributed by atoms with Gasteiger partial charge < -0.3 is 21.3 Å². The highest BCUT2D eigenvalue weighted by atomic mass is 31.2. The standard InChI is InChI=1S/C7H11N2O3P/c8-6-3-1-5(2-4-6)7(9)13(10,11)12/h1-4,7H,8-9H2,(H2,10,11,12)/t7-/m1/s1. The SMILES string of the molecule is Nc1ccc([C@H](N)P(=O)(O)O)cc1. The summed E-state index contributed by atoms with van der Waals surface area (Å²) in [5.41, 5.74) is 11.6. The average Bonchev–Trinajstić information content (AvgIpc) is 2.03. The van der Waals surface area contributed by atoms with E-state index in [2.05, 4.69) is 0 Å². The summed E-state index contributed by atoms with van der Waals surface area (Å²) in [5.74, 6) is -1.27. The maximum absolute atomic E-state index is 10.8. The first kappa shape index (κ1) is 10.2. The second-order valence-electron chi connectivity index (χ2n) is 2.70. The number of rotatable bonds is 2. The van der Waals surface area contributed by atoms with Gasteiger partial charge in [-0.05, 0) is 17.7 Å². The molecule has 6 N–H and O–H groups in total. The van der Waals surface area contributed by atoms with E-state index in [1.165, 1.54) is 12.1 Å². The maximum atomic E-state index is 10.8. The molecule has 1 aromatic rings. The molecule has 72 valence electrons. The summed E-state index contributed by atoms with van der Waals surface area (Å²) in [6, 6.07) is 6.09. The Hall–Kier alpha value is -0.870. The zero-order chi connectivity index (χ0) is 10.1. The van der Waals surface area contributed by atoms with Crippen molar-refractivity contribution in [3.05, 3.63) is 29.8 Å². The molecule has 0 aromatic heterocycles. The molecule has 0 saturated heterocycles. The number of anilines is 1. The molecule has 1 atom stereocenters. The van der Waals surface area contributed by atoms with Gasteiger partial charge in [-0.3, -0.25) is 4.57 Å². The van der Waals surface area contributed by atoms with Crippen LogP contribution in [-0.2, 0) is 4.57 Å². The fourth-order valence-electron chi connectivity index (χ4n) is 0.887. The molecule has 1 rings (SSSR count). The third-order valence-corrected chi connectivity index (χ3v) is 2.66. The van der Waals surface area contributed by atoms with Gasteiger partial charge in [0.25, 0.3) is 0 Å². The van der Waals surface area contributed by atoms with Crippen LogP contribution in [0.2, 0.25) is 0 Å². The van der Waals surface area contributed by atoms with E-state index in [0.717, 1.165) is 0 Å². The number of nitrogens with two attached hydrogens (primary N) is 2. The monoisotopic (exact) mass is 202 g/mol. The van der Waals surface area contributed by atoms with Crippen molar-refractivity contribution in [3.8, 4) is 0 Å². The molecule has 13 heavy (non-hydrogen) atoms. The van der Waals surface area contributed by atoms with E-state index < -0.39 is 13.4 Å². The van der Waals surface area contributed by atoms with Gasteiger partial charge in [-0.1, -0.05) is 12.1 Å². The minimum absolute atomic E-state index is 0.377. The fraction of sp³-hybridized carbons (Fsp3) is 0.143. The van der Waals surface area contributed by atoms with Gasteiger partial charge in [0.05, 0.1) is 0 Å². The van der Waals surface area contributed by atoms with Crippen LogP contribution in [0.1, 0.15) is 11.3 Å². The molecular weight excluding hydrogens is 191 g/mol. The Kier molecular flexibility index (Phi) is 2.73. The molecule has 0 aliphatic carbocycles. The minimum Gasteiger partial charge on any atom is -0.399 e. The molecule has 0 heterocycles. The van der Waals surface area contributed by atoms with Crippen molar-refractivity contribution < 1.29 is 14.4 Å². The van der Waals surface area contributed by atoms with Gasteiger partial charge in [0.2, 0.25) is 0 Å². The molecule has 0 fully saturated rings. The Balaban J connectivity index is 2.97. The molecule has 5 nitrogen and oxygen atoms in total. The molecular formula is C7H11N2O3P. The van der Waals surface area contributed by atoms with Crippen molar-refractivity contribution in [2.45, 2.75) is 5.78 Å². The lowest BCUT2D eigenvalue weighted by molar-refractivity contribution is 0.359. The quantitative estimate of drug-likeness (QED) is 0.410. The van der Waals surface area contributed by atoms with Crippen LogP contribution in [0, 0.1) is 0 Å². The number of hydrogen-bond donors (Lipinski definition) is 4. The summed E-state index contributed by atoms with van der Waals surface area (Å²) in [6.07, 6.45) is 0. The van der Waals surface area contributed by atoms with Crippen molar-refractivity contribution in [1.29, 1.82) is 0 Å². The highest BCUT2D eigenvalue weighted by Gasteiger charge is 2.25. The first-order valence-corrected chi connectivity index (χ1v) is 5.25. The van der Waals surface area contributed by atoms with Crippen molar-refractivity contribution in [1.82, 2.24) is 0 Å². The largest absolute Gasteiger partial charge is 0.399 e. The zero-order valence-electron chi connectivity index (χ0n) is 6.79. The summed E-state index contributed by atoms with van der Waals surface area (Å²) < 4.78 is 10.8. The Labute approximate surface area is 75.5 Å². The normalized spacial score (nSPS) is 14.1. The zero-order valence-corrected chi connectivity index (χ0v) is 7.69. The molecule has 0 amide bonds. The topological polar surface area (TPSA) is 110 Å². The minimum atomic E-state index is -4.26. The van der Waals surface area contributed by atoms with Crippen LogP contribution in [0.15, 0.2) is 24.3 Å². The molecule has 1 aromatic carbocycles. The van der Waals surface area contributed by atoms with Gasteiger partial charge in [0.1, 0.15) is 5.78 Å². The van der Waals surface area contributed by atoms with Crippen LogP contribution in [0.4, 0.5) is 5.69 Å². The fourth-order valence-corrected chi connectivity index (χ4v) is 1.45. The third kappa shape index (κ3) is 2.54. The molecule has 0 unspecified atom stereocenters. The van der Waals surface area contributed by atoms with Crippen molar-refractivity contribution in [3.63, 3.8) is 0 Å². The lowest BCUT2D eigenvalue weighted by Gasteiger charge is -2.13. The number of benzene rings is 1. The Morgan fingerprint density at radius 3 is 2.08 bits per heavy atom. The first-order valence-electron chi connectivity index (χ1n) is 3.57. The van der Waals surface area contributed by atoms with Gasteiger partial charge in [0, 0.05) is 5.69 Å². The van der Waals surface area contributed by atoms with E-state index in [4.69, 9.17) is 21.3 Å². The Bertz CT molecular complexity index is 332. The van der Waals surface area contributed by atoms with Crippen molar-refractivity contribution in [2.24, 2.45) is 5.73 Å². The van der Waals surface area contributed by atoms with E-state index in [0.29, 0.717) is 11.3 Å². The molecule has 0 aliphatic rings. The lowest BCUT2D eigenvalue weighted by atomic mass is 10.2. The summed E-state index contributed by atoms with van der Waals surface area (Å²) in [7, 11) is -4.26. The summed E-state index contributed by atoms with van der Waals surface area (Å²) in [5, 5.41) is 0. The van der Waals surface area contributed by atoms with Crippen molar-refractivity contribution >= 4 is 13.3 Å². The second-order valence-corrected chi connectivity index (χ2v) is 4.44. The molecule has 0 bridgehead atoms. The van der Waals surface area contributed by atoms with E-state index in [1.54, 1.807) is 12.1 Å². The van der Waals surface area contributed by atoms with Crippen LogP contribution in [0.5, 0.6) is 0 Å². The predicted molar refractivity (Wildman–Crippen MR) is 49.8 cm³/mol. The Morgan fingerprint density at radius 1 is 1.23 bits per heavy atom. The molecule has 0 spiro atoms. The molecule has 0 aliphatic heterocycles. The van der Waals surface area contributed by atoms with Gasteiger partial charge in [-0.25, -0.2) is 0 Å². The summed E-state index contributed by atoms with van der Waals surface area (Å²) in [4.78, 5) is 17.5. The van der Waals surface area contributed by atoms with Crippen molar-refractivity contribution in [2.75, 3.05) is 5.73 Å². The first-order chi connectivity index (χ1) is 5.91. The Morgan fingerprint density at radius 2 is 1.69 bits per heavy atom. The van der Waals surface area contributed by atoms with Crippen LogP contribution >= 0.6 is 7.60 Å². The predicted octanol–water partition coefficient (Wildman–Crippen LogP) is 0.404. The third-order valence-electron chi connectivity index (χ3n) is 1.64. The summed E-state index contributed by atoms with van der Waals surface area (Å²) >= 11 is 0. The molecule has 0 radical (unpaired) electrons. The lowest BCUT2D eigenvalue weighted by Crippen LogP contribution is -2.10. The van der Waals surface area contributed by atoms with Gasteiger partial charge in [-0.2, -0.15) is 0 Å². The number of nitrogen functional groups attached to an aromatic ring is 1. The number of hydrogen-bond acceptors (Lipinski definition) is 3. The highest BCUT2D eigenvalue weighted by molar-refractivity contribution is 7.52. The van der Waals surface area contributed by atoms with Gasteiger partial charge >= 0.3 is 7.60 Å². The second kappa shape index (κ2) is 3.47. The van der Waals surface area contributed by atoms with Gasteiger partial charge in [-0.15, -0.1) is 0 Å². The van der Waals surface area contributed by atoms with E-state index >= 15 is 0 Å². The van der Waals surface area contributed by atoms with Crippen LogP contribution in [-0.4, -0.2) is 9.79 Å². The smallest absolute Gasteiger partial charge is 0.346 e. The highest BCUT2D eigenvalue weighted by Crippen LogP contribution is 2.47. The van der Waals surface area contributed by atoms with E-state index in [-0.39, 0.29) is 0 Å². The van der Waals surface area contributed by atoms with Crippen LogP contribution < -0.4 is 11.5 Å². The summed E-state index contributed by atoms with van der Waals surface area (Å²) in [6.45, 7) is 0. The molecule has 0 saturated carbocycles.